The SMILES string of the molecule is Cc1ccc(-c2ccc(N3CCC(CCO)CC3)c(F)c2)c(OCc2ccccc2)n1. The van der Waals surface area contributed by atoms with E-state index in [4.69, 9.17) is 9.84 Å². The third-order valence-corrected chi connectivity index (χ3v) is 5.97. The Morgan fingerprint density at radius 3 is 2.55 bits per heavy atom. The van der Waals surface area contributed by atoms with Crippen LogP contribution < -0.4 is 9.64 Å². The first-order valence-corrected chi connectivity index (χ1v) is 10.9. The lowest BCUT2D eigenvalue weighted by atomic mass is 9.93. The van der Waals surface area contributed by atoms with Gasteiger partial charge in [0, 0.05) is 31.0 Å². The fraction of sp³-hybridized carbons (Fsp3) is 0.346. The van der Waals surface area contributed by atoms with Gasteiger partial charge in [0.15, 0.2) is 0 Å². The highest BCUT2D eigenvalue weighted by Crippen LogP contribution is 2.34. The Balaban J connectivity index is 1.52. The molecule has 1 saturated heterocycles. The van der Waals surface area contributed by atoms with Crippen LogP contribution in [0.1, 0.15) is 30.5 Å². The fourth-order valence-corrected chi connectivity index (χ4v) is 4.16. The second-order valence-corrected chi connectivity index (χ2v) is 8.19. The number of aliphatic hydroxyl groups excluding tert-OH is 1. The molecule has 31 heavy (non-hydrogen) atoms. The molecule has 2 aromatic carbocycles. The number of aromatic nitrogens is 1. The lowest BCUT2D eigenvalue weighted by Gasteiger charge is -2.33. The van der Waals surface area contributed by atoms with E-state index in [2.05, 4.69) is 9.88 Å². The summed E-state index contributed by atoms with van der Waals surface area (Å²) in [6.45, 7) is 4.20. The van der Waals surface area contributed by atoms with Crippen molar-refractivity contribution >= 4 is 5.69 Å². The first kappa shape index (κ1) is 21.3. The zero-order chi connectivity index (χ0) is 21.6. The van der Waals surface area contributed by atoms with E-state index in [0.29, 0.717) is 24.1 Å². The third kappa shape index (κ3) is 5.23. The molecule has 1 fully saturated rings. The van der Waals surface area contributed by atoms with Crippen molar-refractivity contribution in [3.63, 3.8) is 0 Å². The van der Waals surface area contributed by atoms with Gasteiger partial charge in [-0.25, -0.2) is 9.37 Å². The van der Waals surface area contributed by atoms with Crippen LogP contribution in [0.4, 0.5) is 10.1 Å². The summed E-state index contributed by atoms with van der Waals surface area (Å²) in [5.74, 6) is 0.819. The van der Waals surface area contributed by atoms with Crippen LogP contribution in [0.2, 0.25) is 0 Å². The number of nitrogens with zero attached hydrogens (tertiary/aromatic N) is 2. The molecule has 0 spiro atoms. The van der Waals surface area contributed by atoms with E-state index in [1.807, 2.05) is 61.5 Å². The number of aliphatic hydroxyl groups is 1. The van der Waals surface area contributed by atoms with Gasteiger partial charge in [-0.1, -0.05) is 36.4 Å². The Hall–Kier alpha value is -2.92. The minimum absolute atomic E-state index is 0.229. The third-order valence-electron chi connectivity index (χ3n) is 5.97. The first-order chi connectivity index (χ1) is 15.1. The van der Waals surface area contributed by atoms with Gasteiger partial charge < -0.3 is 14.7 Å². The minimum Gasteiger partial charge on any atom is -0.472 e. The average molecular weight is 421 g/mol. The summed E-state index contributed by atoms with van der Waals surface area (Å²) in [4.78, 5) is 6.66. The summed E-state index contributed by atoms with van der Waals surface area (Å²) in [5, 5.41) is 9.14. The molecule has 1 aromatic heterocycles. The van der Waals surface area contributed by atoms with E-state index in [1.54, 1.807) is 6.07 Å². The summed E-state index contributed by atoms with van der Waals surface area (Å²) in [7, 11) is 0. The molecule has 1 N–H and O–H groups in total. The zero-order valence-corrected chi connectivity index (χ0v) is 17.9. The van der Waals surface area contributed by atoms with Gasteiger partial charge >= 0.3 is 0 Å². The fourth-order valence-electron chi connectivity index (χ4n) is 4.16. The maximum Gasteiger partial charge on any atom is 0.221 e. The molecule has 2 heterocycles. The molecule has 4 nitrogen and oxygen atoms in total. The van der Waals surface area contributed by atoms with E-state index in [-0.39, 0.29) is 12.4 Å². The van der Waals surface area contributed by atoms with Gasteiger partial charge in [0.25, 0.3) is 0 Å². The monoisotopic (exact) mass is 420 g/mol. The highest BCUT2D eigenvalue weighted by molar-refractivity contribution is 5.71. The Labute approximate surface area is 183 Å². The van der Waals surface area contributed by atoms with Crippen molar-refractivity contribution in [2.24, 2.45) is 5.92 Å². The van der Waals surface area contributed by atoms with Crippen molar-refractivity contribution in [3.8, 4) is 17.0 Å². The number of anilines is 1. The normalized spacial score (nSPS) is 14.6. The molecule has 3 aromatic rings. The summed E-state index contributed by atoms with van der Waals surface area (Å²) in [6.07, 6.45) is 2.81. The van der Waals surface area contributed by atoms with Gasteiger partial charge in [-0.05, 0) is 67.5 Å². The Morgan fingerprint density at radius 1 is 1.06 bits per heavy atom. The van der Waals surface area contributed by atoms with E-state index >= 15 is 4.39 Å². The quantitative estimate of drug-likeness (QED) is 0.558. The standard InChI is InChI=1S/C26H29FN2O2/c1-19-7-9-23(26(28-19)31-18-21-5-3-2-4-6-21)22-8-10-25(24(27)17-22)29-14-11-20(12-15-29)13-16-30/h2-10,17,20,30H,11-16,18H2,1H3. The number of hydrogen-bond acceptors (Lipinski definition) is 4. The lowest BCUT2D eigenvalue weighted by Crippen LogP contribution is -2.34. The molecule has 0 saturated carbocycles. The number of ether oxygens (including phenoxy) is 1. The van der Waals surface area contributed by atoms with Crippen LogP contribution in [0, 0.1) is 18.7 Å². The van der Waals surface area contributed by atoms with Gasteiger partial charge in [-0.15, -0.1) is 0 Å². The molecule has 162 valence electrons. The lowest BCUT2D eigenvalue weighted by molar-refractivity contribution is 0.240. The maximum absolute atomic E-state index is 15.1. The highest BCUT2D eigenvalue weighted by atomic mass is 19.1. The number of piperidine rings is 1. The van der Waals surface area contributed by atoms with Gasteiger partial charge in [-0.2, -0.15) is 0 Å². The van der Waals surface area contributed by atoms with Gasteiger partial charge in [0.2, 0.25) is 5.88 Å². The molecule has 0 unspecified atom stereocenters. The van der Waals surface area contributed by atoms with Crippen molar-refractivity contribution in [1.82, 2.24) is 4.98 Å². The Bertz CT molecular complexity index is 1000. The highest BCUT2D eigenvalue weighted by Gasteiger charge is 2.21. The molecule has 1 aliphatic rings. The largest absolute Gasteiger partial charge is 0.472 e. The molecular weight excluding hydrogens is 391 g/mol. The van der Waals surface area contributed by atoms with E-state index < -0.39 is 0 Å². The Kier molecular flexibility index (Phi) is 6.82. The predicted octanol–water partition coefficient (Wildman–Crippen LogP) is 5.37. The van der Waals surface area contributed by atoms with Crippen LogP contribution in [0.5, 0.6) is 5.88 Å². The van der Waals surface area contributed by atoms with Crippen molar-refractivity contribution in [2.45, 2.75) is 32.8 Å². The molecule has 0 atom stereocenters. The number of halogens is 1. The van der Waals surface area contributed by atoms with E-state index in [1.165, 1.54) is 0 Å². The first-order valence-electron chi connectivity index (χ1n) is 10.9. The molecule has 5 heteroatoms. The predicted molar refractivity (Wildman–Crippen MR) is 122 cm³/mol. The molecular formula is C26H29FN2O2. The van der Waals surface area contributed by atoms with E-state index in [9.17, 15) is 0 Å². The van der Waals surface area contributed by atoms with Gasteiger partial charge in [0.1, 0.15) is 12.4 Å². The summed E-state index contributed by atoms with van der Waals surface area (Å²) < 4.78 is 21.1. The van der Waals surface area contributed by atoms with Crippen LogP contribution in [-0.4, -0.2) is 29.8 Å². The van der Waals surface area contributed by atoms with E-state index in [0.717, 1.165) is 54.7 Å². The molecule has 0 radical (unpaired) electrons. The number of benzene rings is 2. The smallest absolute Gasteiger partial charge is 0.221 e. The molecule has 1 aliphatic heterocycles. The second kappa shape index (κ2) is 9.92. The van der Waals surface area contributed by atoms with Crippen LogP contribution in [0.3, 0.4) is 0 Å². The van der Waals surface area contributed by atoms with Crippen molar-refractivity contribution in [3.05, 3.63) is 77.7 Å². The van der Waals surface area contributed by atoms with Crippen molar-refractivity contribution in [2.75, 3.05) is 24.6 Å². The molecule has 4 rings (SSSR count). The van der Waals surface area contributed by atoms with Crippen LogP contribution >= 0.6 is 0 Å². The summed E-state index contributed by atoms with van der Waals surface area (Å²) >= 11 is 0. The van der Waals surface area contributed by atoms with Crippen LogP contribution in [0.15, 0.2) is 60.7 Å². The van der Waals surface area contributed by atoms with Crippen molar-refractivity contribution < 1.29 is 14.2 Å². The number of aryl methyl sites for hydroxylation is 1. The average Bonchev–Trinajstić information content (AvgIpc) is 2.79. The summed E-state index contributed by atoms with van der Waals surface area (Å²) in [6, 6.07) is 19.2. The Morgan fingerprint density at radius 2 is 1.84 bits per heavy atom. The number of rotatable bonds is 7. The molecule has 0 bridgehead atoms. The zero-order valence-electron chi connectivity index (χ0n) is 17.9. The topological polar surface area (TPSA) is 45.6 Å². The minimum atomic E-state index is -0.229. The van der Waals surface area contributed by atoms with Crippen LogP contribution in [-0.2, 0) is 6.61 Å². The molecule has 0 amide bonds. The maximum atomic E-state index is 15.1. The second-order valence-electron chi connectivity index (χ2n) is 8.19. The van der Waals surface area contributed by atoms with Crippen LogP contribution in [0.25, 0.3) is 11.1 Å². The van der Waals surface area contributed by atoms with Gasteiger partial charge in [-0.3, -0.25) is 0 Å². The number of hydrogen-bond donors (Lipinski definition) is 1. The van der Waals surface area contributed by atoms with Crippen molar-refractivity contribution in [1.29, 1.82) is 0 Å². The van der Waals surface area contributed by atoms with Gasteiger partial charge in [0.05, 0.1) is 5.69 Å². The molecule has 0 aliphatic carbocycles. The number of pyridine rings is 1. The summed E-state index contributed by atoms with van der Waals surface area (Å²) in [5.41, 5.74) is 4.09.